The van der Waals surface area contributed by atoms with Crippen molar-refractivity contribution < 1.29 is 90.7 Å². The van der Waals surface area contributed by atoms with Crippen LogP contribution in [0.2, 0.25) is 0 Å². The molecule has 1 saturated heterocycles. The Balaban J connectivity index is 0.780. The summed E-state index contributed by atoms with van der Waals surface area (Å²) in [7, 11) is -16.5. The Hall–Kier alpha value is -2.52. The van der Waals surface area contributed by atoms with E-state index < -0.39 is 90.7 Å². The largest absolute Gasteiger partial charge is 0.481 e. The first kappa shape index (κ1) is 60.1. The minimum atomic E-state index is -5.60. The van der Waals surface area contributed by atoms with Gasteiger partial charge in [0.25, 0.3) is 0 Å². The highest BCUT2D eigenvalue weighted by atomic mass is 32.2. The molecule has 0 spiro atoms. The predicted octanol–water partition coefficient (Wildman–Crippen LogP) is 3.07. The minimum absolute atomic E-state index is 0.0164. The summed E-state index contributed by atoms with van der Waals surface area (Å²) in [4.78, 5) is 89.7. The van der Waals surface area contributed by atoms with Crippen molar-refractivity contribution in [1.82, 2.24) is 30.2 Å². The van der Waals surface area contributed by atoms with E-state index in [1.807, 2.05) is 0 Å². The van der Waals surface area contributed by atoms with Crippen LogP contribution in [0.5, 0.6) is 0 Å². The third-order valence-corrected chi connectivity index (χ3v) is 21.1. The molecule has 424 valence electrons. The van der Waals surface area contributed by atoms with E-state index in [2.05, 4.69) is 55.2 Å². The summed E-state index contributed by atoms with van der Waals surface area (Å²) >= 11 is 1.14. The highest BCUT2D eigenvalue weighted by Gasteiger charge is 2.64. The number of rotatable bonds is 23. The molecule has 2 aromatic rings. The lowest BCUT2D eigenvalue weighted by Crippen LogP contribution is -2.58. The molecule has 75 heavy (non-hydrogen) atoms. The molecule has 4 aliphatic carbocycles. The Bertz CT molecular complexity index is 2530. The summed E-state index contributed by atoms with van der Waals surface area (Å²) in [5.74, 6) is 1.47. The number of imidazole rings is 1. The van der Waals surface area contributed by atoms with Crippen molar-refractivity contribution in [2.45, 2.75) is 148 Å². The van der Waals surface area contributed by atoms with E-state index in [4.69, 9.17) is 19.5 Å². The number of fused-ring (bicyclic) bond motifs is 6. The first-order valence-electron chi connectivity index (χ1n) is 25.4. The summed E-state index contributed by atoms with van der Waals surface area (Å²) in [5, 5.41) is 49.1. The van der Waals surface area contributed by atoms with Gasteiger partial charge in [0.2, 0.25) is 11.8 Å². The van der Waals surface area contributed by atoms with Crippen molar-refractivity contribution in [3.8, 4) is 0 Å². The summed E-state index contributed by atoms with van der Waals surface area (Å²) in [6.45, 7) is 7.38. The fourth-order valence-electron chi connectivity index (χ4n) is 13.1. The van der Waals surface area contributed by atoms with Gasteiger partial charge in [0.05, 0.1) is 31.7 Å². The molecular formula is C45H74N7O19P3S. The quantitative estimate of drug-likeness (QED) is 0.0562. The number of carbonyl (C=O) groups is 3. The van der Waals surface area contributed by atoms with Gasteiger partial charge in [0, 0.05) is 37.1 Å². The molecule has 26 nitrogen and oxygen atoms in total. The van der Waals surface area contributed by atoms with Gasteiger partial charge in [0.15, 0.2) is 22.8 Å². The van der Waals surface area contributed by atoms with E-state index in [0.29, 0.717) is 48.2 Å². The first-order valence-corrected chi connectivity index (χ1v) is 30.9. The zero-order valence-electron chi connectivity index (χ0n) is 42.7. The van der Waals surface area contributed by atoms with Gasteiger partial charge in [-0.3, -0.25) is 32.5 Å². The van der Waals surface area contributed by atoms with Crippen LogP contribution in [0, 0.1) is 51.8 Å². The van der Waals surface area contributed by atoms with Gasteiger partial charge >= 0.3 is 23.5 Å². The van der Waals surface area contributed by atoms with Crippen LogP contribution in [0.1, 0.15) is 111 Å². The van der Waals surface area contributed by atoms with E-state index in [1.165, 1.54) is 13.8 Å². The van der Waals surface area contributed by atoms with Gasteiger partial charge in [-0.15, -0.1) is 0 Å². The number of thioether (sulfide) groups is 1. The summed E-state index contributed by atoms with van der Waals surface area (Å²) < 4.78 is 62.7. The Morgan fingerprint density at radius 1 is 0.947 bits per heavy atom. The molecule has 0 aromatic carbocycles. The molecule has 12 N–H and O–H groups in total. The Morgan fingerprint density at radius 2 is 1.67 bits per heavy atom. The van der Waals surface area contributed by atoms with Gasteiger partial charge in [-0.1, -0.05) is 46.4 Å². The number of nitrogen functional groups attached to an aromatic ring is 1. The smallest absolute Gasteiger partial charge is 0.393 e. The van der Waals surface area contributed by atoms with Crippen LogP contribution in [0.4, 0.5) is 5.82 Å². The minimum Gasteiger partial charge on any atom is -0.393 e. The fourth-order valence-corrected chi connectivity index (χ4v) is 16.6. The normalized spacial score (nSPS) is 34.3. The third-order valence-electron chi connectivity index (χ3n) is 17.1. The molecule has 17 atom stereocenters. The number of nitrogens with zero attached hydrogens (tertiary/aromatic N) is 4. The first-order chi connectivity index (χ1) is 35.0. The van der Waals surface area contributed by atoms with E-state index in [9.17, 15) is 68.1 Å². The van der Waals surface area contributed by atoms with Crippen molar-refractivity contribution >= 4 is 69.1 Å². The SMILES string of the molecule is C[C@H](CCC(=O)SCCNC(=O)CCNC(=O)[C@H](O)C(C)(C)COP(=O)(O)OP(=O)(O)OC[C@H]1O[C@@H](n2cnc3c(N)ncnc32)[C@H](O)[C@@H]1OP(=O)(O)O)C1CC[C@H]2[C@@H]3CC[C@@H]4C[C@H](O)CC[C@]4(C)[C@H]3C[C@H](O)[C@]12C. The number of aliphatic hydroxyl groups is 4. The Labute approximate surface area is 438 Å². The van der Waals surface area contributed by atoms with E-state index in [1.54, 1.807) is 0 Å². The van der Waals surface area contributed by atoms with Crippen LogP contribution >= 0.6 is 35.2 Å². The third kappa shape index (κ3) is 13.7. The number of nitrogens with two attached hydrogens (primary N) is 1. The maximum absolute atomic E-state index is 13.0. The van der Waals surface area contributed by atoms with Crippen LogP contribution in [-0.4, -0.2) is 145 Å². The molecule has 2 aromatic heterocycles. The number of carbonyl (C=O) groups excluding carboxylic acids is 3. The van der Waals surface area contributed by atoms with Crippen molar-refractivity contribution in [2.75, 3.05) is 37.8 Å². The molecule has 0 bridgehead atoms. The molecule has 2 amide bonds. The van der Waals surface area contributed by atoms with Crippen molar-refractivity contribution in [3.63, 3.8) is 0 Å². The highest BCUT2D eigenvalue weighted by Crippen LogP contribution is 2.68. The molecule has 5 fully saturated rings. The molecule has 3 heterocycles. The van der Waals surface area contributed by atoms with Crippen LogP contribution < -0.4 is 16.4 Å². The standard InChI is InChI=1S/C45H74N7O19P3S/c1-24(28-9-10-29-27-8-7-25-18-26(53)12-14-44(25,4)30(27)19-32(54)45(28,29)5)6-11-34(56)75-17-16-47-33(55)13-15-48-41(59)38(58)43(2,3)21-68-74(65,66)71-73(63,64)67-20-31-37(70-72(60,61)62)36(57)42(69-31)52-23-51-35-39(46)49-22-50-40(35)52/h22-32,36-38,42,53-54,57-58H,6-21H2,1-5H3,(H,47,55)(H,48,59)(H,63,64)(H,65,66)(H2,46,49,50)(H2,60,61,62)/t24-,25-,26-,27+,28?,29+,30+,31-,32+,36-,37-,38+,42-,44+,45-/m1/s1. The van der Waals surface area contributed by atoms with Crippen LogP contribution in [0.3, 0.4) is 0 Å². The van der Waals surface area contributed by atoms with Crippen LogP contribution in [0.25, 0.3) is 11.2 Å². The van der Waals surface area contributed by atoms with Crippen LogP contribution in [0.15, 0.2) is 12.7 Å². The second-order valence-corrected chi connectivity index (χ2v) is 27.6. The summed E-state index contributed by atoms with van der Waals surface area (Å²) in [5.41, 5.74) is 4.24. The van der Waals surface area contributed by atoms with Gasteiger partial charge in [-0.25, -0.2) is 28.6 Å². The second-order valence-electron chi connectivity index (χ2n) is 22.2. The molecule has 3 unspecified atom stereocenters. The van der Waals surface area contributed by atoms with Crippen molar-refractivity contribution in [2.24, 2.45) is 51.8 Å². The lowest BCUT2D eigenvalue weighted by Gasteiger charge is -2.62. The maximum atomic E-state index is 13.0. The lowest BCUT2D eigenvalue weighted by molar-refractivity contribution is -0.174. The number of aromatic nitrogens is 4. The molecule has 4 saturated carbocycles. The highest BCUT2D eigenvalue weighted by molar-refractivity contribution is 8.13. The number of hydrogen-bond acceptors (Lipinski definition) is 20. The summed E-state index contributed by atoms with van der Waals surface area (Å²) in [6.07, 6.45) is 1.50. The molecule has 7 rings (SSSR count). The van der Waals surface area contributed by atoms with E-state index >= 15 is 0 Å². The van der Waals surface area contributed by atoms with Crippen molar-refractivity contribution in [1.29, 1.82) is 0 Å². The van der Waals surface area contributed by atoms with Crippen LogP contribution in [-0.2, 0) is 50.7 Å². The van der Waals surface area contributed by atoms with Gasteiger partial charge in [-0.05, 0) is 104 Å². The number of nitrogens with one attached hydrogen (secondary N) is 2. The van der Waals surface area contributed by atoms with E-state index in [-0.39, 0.29) is 64.5 Å². The molecule has 0 radical (unpaired) electrons. The number of aliphatic hydroxyl groups excluding tert-OH is 4. The maximum Gasteiger partial charge on any atom is 0.481 e. The monoisotopic (exact) mass is 1140 g/mol. The van der Waals surface area contributed by atoms with Gasteiger partial charge < -0.3 is 61.1 Å². The Kier molecular flexibility index (Phi) is 19.0. The summed E-state index contributed by atoms with van der Waals surface area (Å²) in [6, 6.07) is 0. The molecule has 30 heteroatoms. The van der Waals surface area contributed by atoms with Gasteiger partial charge in [0.1, 0.15) is 36.3 Å². The fraction of sp³-hybridized carbons (Fsp3) is 0.822. The molecule has 5 aliphatic rings. The number of amides is 2. The molecule has 1 aliphatic heterocycles. The van der Waals surface area contributed by atoms with E-state index in [0.717, 1.165) is 80.4 Å². The number of phosphoric ester groups is 3. The number of hydrogen-bond donors (Lipinski definition) is 11. The lowest BCUT2D eigenvalue weighted by atomic mass is 9.43. The number of ether oxygens (including phenoxy) is 1. The average Bonchev–Trinajstić information content (AvgIpc) is 4.01. The number of phosphoric acid groups is 3. The topological polar surface area (TPSA) is 404 Å². The second kappa shape index (κ2) is 23.7. The zero-order chi connectivity index (χ0) is 55.1. The average molecular weight is 1140 g/mol. The van der Waals surface area contributed by atoms with Gasteiger partial charge in [-0.2, -0.15) is 4.31 Å². The van der Waals surface area contributed by atoms with Crippen molar-refractivity contribution in [3.05, 3.63) is 12.7 Å². The Morgan fingerprint density at radius 3 is 2.39 bits per heavy atom. The predicted molar refractivity (Wildman–Crippen MR) is 268 cm³/mol. The number of anilines is 1. The molecular weight excluding hydrogens is 1070 g/mol. The zero-order valence-corrected chi connectivity index (χ0v) is 46.2.